The van der Waals surface area contributed by atoms with Gasteiger partial charge in [-0.15, -0.1) is 0 Å². The van der Waals surface area contributed by atoms with Crippen LogP contribution < -0.4 is 0 Å². The van der Waals surface area contributed by atoms with E-state index in [9.17, 15) is 24.9 Å². The van der Waals surface area contributed by atoms with Crippen molar-refractivity contribution in [1.29, 1.82) is 0 Å². The highest BCUT2D eigenvalue weighted by Crippen LogP contribution is 2.47. The Balaban J connectivity index is 4.11. The summed E-state index contributed by atoms with van der Waals surface area (Å²) in [4.78, 5) is 21.1. The first-order valence-electron chi connectivity index (χ1n) is 16.2. The zero-order valence-corrected chi connectivity index (χ0v) is 25.6. The second kappa shape index (κ2) is 25.3. The van der Waals surface area contributed by atoms with E-state index < -0.39 is 22.8 Å². The fourth-order valence-electron chi connectivity index (χ4n) is 5.65. The second-order valence-corrected chi connectivity index (χ2v) is 12.2. The largest absolute Gasteiger partial charge is 0.481 e. The SMILES string of the molecule is CC(CO)(CO)C(CO)(CCCCCCCCC=CCCCCCCCC(=O)O)CCCCCCCCC(=O)O. The molecule has 0 rings (SSSR count). The molecule has 236 valence electrons. The van der Waals surface area contributed by atoms with Crippen molar-refractivity contribution < 1.29 is 35.1 Å². The number of aliphatic hydroxyl groups is 3. The fourth-order valence-corrected chi connectivity index (χ4v) is 5.65. The van der Waals surface area contributed by atoms with Crippen LogP contribution in [0.1, 0.15) is 155 Å². The average molecular weight is 571 g/mol. The molecule has 0 aliphatic rings. The smallest absolute Gasteiger partial charge is 0.303 e. The van der Waals surface area contributed by atoms with Gasteiger partial charge in [0.2, 0.25) is 0 Å². The number of rotatable bonds is 30. The fraction of sp³-hybridized carbons (Fsp3) is 0.879. The monoisotopic (exact) mass is 570 g/mol. The first-order chi connectivity index (χ1) is 19.3. The summed E-state index contributed by atoms with van der Waals surface area (Å²) < 4.78 is 0. The van der Waals surface area contributed by atoms with Gasteiger partial charge in [0.15, 0.2) is 0 Å². The van der Waals surface area contributed by atoms with Crippen molar-refractivity contribution in [2.45, 2.75) is 155 Å². The minimum absolute atomic E-state index is 0.0275. The number of aliphatic hydroxyl groups excluding tert-OH is 3. The second-order valence-electron chi connectivity index (χ2n) is 12.2. The van der Waals surface area contributed by atoms with Gasteiger partial charge in [0.1, 0.15) is 0 Å². The number of hydrogen-bond acceptors (Lipinski definition) is 5. The van der Waals surface area contributed by atoms with Gasteiger partial charge in [0, 0.05) is 30.3 Å². The molecule has 0 saturated carbocycles. The van der Waals surface area contributed by atoms with Crippen molar-refractivity contribution >= 4 is 11.9 Å². The molecular formula is C33H62O7. The van der Waals surface area contributed by atoms with Gasteiger partial charge in [-0.05, 0) is 51.4 Å². The molecule has 0 saturated heterocycles. The molecule has 0 aromatic carbocycles. The van der Waals surface area contributed by atoms with Crippen LogP contribution in [0.15, 0.2) is 12.2 Å². The molecule has 0 aliphatic carbocycles. The van der Waals surface area contributed by atoms with E-state index in [-0.39, 0.29) is 32.7 Å². The Morgan fingerprint density at radius 2 is 0.825 bits per heavy atom. The van der Waals surface area contributed by atoms with Crippen LogP contribution in [0.3, 0.4) is 0 Å². The van der Waals surface area contributed by atoms with Crippen molar-refractivity contribution in [3.63, 3.8) is 0 Å². The van der Waals surface area contributed by atoms with Crippen LogP contribution in [0, 0.1) is 10.8 Å². The third-order valence-electron chi connectivity index (χ3n) is 8.78. The van der Waals surface area contributed by atoms with E-state index >= 15 is 0 Å². The number of carboxylic acids is 2. The summed E-state index contributed by atoms with van der Waals surface area (Å²) in [6, 6.07) is 0. The molecule has 40 heavy (non-hydrogen) atoms. The molecule has 0 heterocycles. The first kappa shape index (κ1) is 38.6. The van der Waals surface area contributed by atoms with Gasteiger partial charge in [-0.1, -0.05) is 103 Å². The molecule has 0 aromatic rings. The maximum absolute atomic E-state index is 10.6. The van der Waals surface area contributed by atoms with Crippen molar-refractivity contribution in [2.75, 3.05) is 19.8 Å². The number of carboxylic acid groups (broad SMARTS) is 2. The summed E-state index contributed by atoms with van der Waals surface area (Å²) in [5, 5.41) is 48.0. The molecule has 5 N–H and O–H groups in total. The van der Waals surface area contributed by atoms with E-state index in [1.807, 2.05) is 6.92 Å². The van der Waals surface area contributed by atoms with E-state index in [1.54, 1.807) is 0 Å². The number of aliphatic carboxylic acids is 2. The molecule has 0 amide bonds. The van der Waals surface area contributed by atoms with Crippen molar-refractivity contribution in [1.82, 2.24) is 0 Å². The predicted molar refractivity (Wildman–Crippen MR) is 162 cm³/mol. The van der Waals surface area contributed by atoms with Crippen LogP contribution >= 0.6 is 0 Å². The van der Waals surface area contributed by atoms with Crippen LogP contribution in [-0.2, 0) is 9.59 Å². The summed E-state index contributed by atoms with van der Waals surface area (Å²) >= 11 is 0. The Hall–Kier alpha value is -1.44. The van der Waals surface area contributed by atoms with E-state index in [0.717, 1.165) is 96.3 Å². The lowest BCUT2D eigenvalue weighted by molar-refractivity contribution is -0.138. The Bertz CT molecular complexity index is 645. The summed E-state index contributed by atoms with van der Waals surface area (Å²) in [7, 11) is 0. The highest BCUT2D eigenvalue weighted by Gasteiger charge is 2.46. The molecule has 0 aromatic heterocycles. The number of allylic oxidation sites excluding steroid dienone is 2. The van der Waals surface area contributed by atoms with Gasteiger partial charge in [0.05, 0.1) is 13.2 Å². The molecular weight excluding hydrogens is 508 g/mol. The van der Waals surface area contributed by atoms with E-state index in [1.165, 1.54) is 38.5 Å². The molecule has 1 unspecified atom stereocenters. The first-order valence-corrected chi connectivity index (χ1v) is 16.2. The van der Waals surface area contributed by atoms with Gasteiger partial charge >= 0.3 is 11.9 Å². The molecule has 1 atom stereocenters. The Morgan fingerprint density at radius 3 is 1.15 bits per heavy atom. The molecule has 0 aliphatic heterocycles. The zero-order chi connectivity index (χ0) is 30.0. The van der Waals surface area contributed by atoms with Crippen molar-refractivity contribution in [2.24, 2.45) is 10.8 Å². The van der Waals surface area contributed by atoms with Crippen LogP contribution in [0.2, 0.25) is 0 Å². The Kier molecular flexibility index (Phi) is 24.4. The van der Waals surface area contributed by atoms with E-state index in [4.69, 9.17) is 10.2 Å². The third-order valence-corrected chi connectivity index (χ3v) is 8.78. The topological polar surface area (TPSA) is 135 Å². The molecule has 0 spiro atoms. The van der Waals surface area contributed by atoms with Gasteiger partial charge in [-0.25, -0.2) is 0 Å². The normalized spacial score (nSPS) is 13.6. The number of hydrogen-bond donors (Lipinski definition) is 5. The summed E-state index contributed by atoms with van der Waals surface area (Å²) in [6.45, 7) is 1.59. The minimum atomic E-state index is -0.737. The lowest BCUT2D eigenvalue weighted by atomic mass is 9.60. The molecule has 7 heteroatoms. The lowest BCUT2D eigenvalue weighted by Crippen LogP contribution is -2.48. The van der Waals surface area contributed by atoms with Gasteiger partial charge in [-0.3, -0.25) is 9.59 Å². The maximum Gasteiger partial charge on any atom is 0.303 e. The van der Waals surface area contributed by atoms with Gasteiger partial charge < -0.3 is 25.5 Å². The lowest BCUT2D eigenvalue weighted by Gasteiger charge is -2.46. The van der Waals surface area contributed by atoms with Crippen molar-refractivity contribution in [3.05, 3.63) is 12.2 Å². The van der Waals surface area contributed by atoms with Crippen LogP contribution in [-0.4, -0.2) is 57.3 Å². The quantitative estimate of drug-likeness (QED) is 0.0442. The standard InChI is InChI=1S/C33H62O7/c1-32(27-34,28-35)33(29-36,26-22-18-14-12-16-20-24-31(39)40)25-21-17-13-10-8-6-4-2-3-5-7-9-11-15-19-23-30(37)38/h2-3,34-36H,4-29H2,1H3,(H,37,38)(H,39,40). The zero-order valence-electron chi connectivity index (χ0n) is 25.6. The van der Waals surface area contributed by atoms with E-state index in [2.05, 4.69) is 12.2 Å². The average Bonchev–Trinajstić information content (AvgIpc) is 2.94. The third kappa shape index (κ3) is 18.8. The number of unbranched alkanes of at least 4 members (excludes halogenated alkanes) is 16. The van der Waals surface area contributed by atoms with Gasteiger partial charge in [0.25, 0.3) is 0 Å². The maximum atomic E-state index is 10.6. The van der Waals surface area contributed by atoms with Crippen LogP contribution in [0.25, 0.3) is 0 Å². The van der Waals surface area contributed by atoms with Crippen LogP contribution in [0.5, 0.6) is 0 Å². The van der Waals surface area contributed by atoms with Crippen LogP contribution in [0.4, 0.5) is 0 Å². The number of carbonyl (C=O) groups is 2. The predicted octanol–water partition coefficient (Wildman–Crippen LogP) is 7.65. The highest BCUT2D eigenvalue weighted by molar-refractivity contribution is 5.66. The summed E-state index contributed by atoms with van der Waals surface area (Å²) in [5.41, 5.74) is -1.20. The minimum Gasteiger partial charge on any atom is -0.481 e. The Morgan fingerprint density at radius 1 is 0.500 bits per heavy atom. The van der Waals surface area contributed by atoms with E-state index in [0.29, 0.717) is 0 Å². The van der Waals surface area contributed by atoms with Crippen molar-refractivity contribution in [3.8, 4) is 0 Å². The summed E-state index contributed by atoms with van der Waals surface area (Å²) in [6.07, 6.45) is 26.7. The van der Waals surface area contributed by atoms with Gasteiger partial charge in [-0.2, -0.15) is 0 Å². The highest BCUT2D eigenvalue weighted by atomic mass is 16.4. The summed E-state index contributed by atoms with van der Waals surface area (Å²) in [5.74, 6) is -1.43. The molecule has 0 bridgehead atoms. The Labute approximate surface area is 244 Å². The molecule has 0 radical (unpaired) electrons. The molecule has 7 nitrogen and oxygen atoms in total. The molecule has 0 fully saturated rings.